The van der Waals surface area contributed by atoms with Crippen molar-refractivity contribution in [2.24, 2.45) is 0 Å². The molecule has 4 rings (SSSR count). The Morgan fingerprint density at radius 2 is 0.786 bits per heavy atom. The predicted octanol–water partition coefficient (Wildman–Crippen LogP) is 5.37. The molecule has 4 aromatic carbocycles. The van der Waals surface area contributed by atoms with Gasteiger partial charge in [-0.1, -0.05) is 103 Å². The van der Waals surface area contributed by atoms with Gasteiger partial charge in [-0.15, -0.1) is 0 Å². The highest BCUT2D eigenvalue weighted by Gasteiger charge is 2.33. The topological polar surface area (TPSA) is 20.2 Å². The highest BCUT2D eigenvalue weighted by molar-refractivity contribution is 5.50. The summed E-state index contributed by atoms with van der Waals surface area (Å²) in [7, 11) is 0. The van der Waals surface area contributed by atoms with E-state index in [2.05, 4.69) is 11.8 Å². The first-order chi connectivity index (χ1) is 13.8. The van der Waals surface area contributed by atoms with Crippen LogP contribution in [-0.2, 0) is 5.60 Å². The van der Waals surface area contributed by atoms with Gasteiger partial charge in [0.15, 0.2) is 0 Å². The largest absolute Gasteiger partial charge is 0.376 e. The summed E-state index contributed by atoms with van der Waals surface area (Å²) in [4.78, 5) is 0. The summed E-state index contributed by atoms with van der Waals surface area (Å²) in [6, 6.07) is 37.3. The summed E-state index contributed by atoms with van der Waals surface area (Å²) in [5, 5.41) is 11.8. The Morgan fingerprint density at radius 3 is 1.25 bits per heavy atom. The fraction of sp³-hybridized carbons (Fsp3) is 0.0370. The van der Waals surface area contributed by atoms with Crippen LogP contribution in [0, 0.1) is 11.8 Å². The number of aliphatic hydroxyl groups is 1. The second kappa shape index (κ2) is 7.96. The van der Waals surface area contributed by atoms with Crippen molar-refractivity contribution in [3.63, 3.8) is 0 Å². The van der Waals surface area contributed by atoms with Gasteiger partial charge in [-0.3, -0.25) is 0 Å². The molecule has 0 radical (unpaired) electrons. The van der Waals surface area contributed by atoms with E-state index in [9.17, 15) is 5.11 Å². The lowest BCUT2D eigenvalue weighted by Gasteiger charge is -2.30. The van der Waals surface area contributed by atoms with E-state index in [0.717, 1.165) is 27.8 Å². The van der Waals surface area contributed by atoms with E-state index < -0.39 is 5.60 Å². The first kappa shape index (κ1) is 17.8. The van der Waals surface area contributed by atoms with Crippen molar-refractivity contribution in [3.05, 3.63) is 143 Å². The molecule has 0 spiro atoms. The summed E-state index contributed by atoms with van der Waals surface area (Å²) in [6.07, 6.45) is 0. The molecule has 0 amide bonds. The molecule has 0 aromatic heterocycles. The van der Waals surface area contributed by atoms with Gasteiger partial charge in [0, 0.05) is 11.1 Å². The maximum absolute atomic E-state index is 11.8. The summed E-state index contributed by atoms with van der Waals surface area (Å²) in [5.74, 6) is 6.36. The van der Waals surface area contributed by atoms with Crippen LogP contribution in [0.15, 0.2) is 115 Å². The average Bonchev–Trinajstić information content (AvgIpc) is 2.79. The van der Waals surface area contributed by atoms with E-state index in [1.807, 2.05) is 115 Å². The summed E-state index contributed by atoms with van der Waals surface area (Å²) in [5.41, 5.74) is 3.17. The second-order valence-corrected chi connectivity index (χ2v) is 6.64. The third-order valence-corrected chi connectivity index (χ3v) is 4.81. The molecule has 0 saturated heterocycles. The van der Waals surface area contributed by atoms with Gasteiger partial charge in [-0.2, -0.15) is 0 Å². The Hall–Kier alpha value is -3.60. The van der Waals surface area contributed by atoms with Crippen molar-refractivity contribution in [2.75, 3.05) is 0 Å². The first-order valence-corrected chi connectivity index (χ1v) is 9.28. The monoisotopic (exact) mass is 360 g/mol. The van der Waals surface area contributed by atoms with Crippen molar-refractivity contribution in [3.8, 4) is 11.8 Å². The van der Waals surface area contributed by atoms with Gasteiger partial charge in [-0.25, -0.2) is 0 Å². The molecule has 0 aliphatic rings. The fourth-order valence-corrected chi connectivity index (χ4v) is 3.32. The first-order valence-electron chi connectivity index (χ1n) is 9.28. The lowest BCUT2D eigenvalue weighted by atomic mass is 9.80. The van der Waals surface area contributed by atoms with Crippen LogP contribution >= 0.6 is 0 Å². The van der Waals surface area contributed by atoms with Crippen molar-refractivity contribution in [1.82, 2.24) is 0 Å². The van der Waals surface area contributed by atoms with Crippen LogP contribution in [0.25, 0.3) is 0 Å². The maximum Gasteiger partial charge on any atom is 0.140 e. The molecule has 0 saturated carbocycles. The van der Waals surface area contributed by atoms with Gasteiger partial charge in [0.05, 0.1) is 0 Å². The molecule has 0 unspecified atom stereocenters. The molecule has 0 aliphatic heterocycles. The van der Waals surface area contributed by atoms with Crippen LogP contribution in [-0.4, -0.2) is 5.11 Å². The molecule has 1 heteroatoms. The Morgan fingerprint density at radius 1 is 0.429 bits per heavy atom. The minimum Gasteiger partial charge on any atom is -0.376 e. The molecule has 0 fully saturated rings. The van der Waals surface area contributed by atoms with Crippen LogP contribution in [0.2, 0.25) is 0 Å². The quantitative estimate of drug-likeness (QED) is 0.385. The number of benzene rings is 4. The van der Waals surface area contributed by atoms with Crippen molar-refractivity contribution in [1.29, 1.82) is 0 Å². The normalized spacial score (nSPS) is 10.8. The Labute approximate surface area is 165 Å². The minimum atomic E-state index is -1.21. The minimum absolute atomic E-state index is 0.815. The maximum atomic E-state index is 11.8. The molecule has 0 aliphatic carbocycles. The summed E-state index contributed by atoms with van der Waals surface area (Å²) >= 11 is 0. The van der Waals surface area contributed by atoms with Gasteiger partial charge >= 0.3 is 0 Å². The molecule has 0 bridgehead atoms. The van der Waals surface area contributed by atoms with E-state index >= 15 is 0 Å². The molecular weight excluding hydrogens is 340 g/mol. The van der Waals surface area contributed by atoms with E-state index in [1.54, 1.807) is 0 Å². The molecule has 134 valence electrons. The zero-order valence-electron chi connectivity index (χ0n) is 15.4. The van der Waals surface area contributed by atoms with Gasteiger partial charge in [0.2, 0.25) is 0 Å². The van der Waals surface area contributed by atoms with Crippen LogP contribution in [0.3, 0.4) is 0 Å². The van der Waals surface area contributed by atoms with Crippen LogP contribution in [0.4, 0.5) is 0 Å². The SMILES string of the molecule is OC(c1ccccc1)(c1ccccc1)c1ccc(C#Cc2ccccc2)cc1. The molecule has 1 N–H and O–H groups in total. The van der Waals surface area contributed by atoms with Gasteiger partial charge in [0.25, 0.3) is 0 Å². The number of rotatable bonds is 3. The Balaban J connectivity index is 1.73. The second-order valence-electron chi connectivity index (χ2n) is 6.64. The standard InChI is InChI=1S/C27H20O/c28-27(24-12-6-2-7-13-24,25-14-8-3-9-15-25)26-20-18-23(19-21-26)17-16-22-10-4-1-5-11-22/h1-15,18-21,28H. The highest BCUT2D eigenvalue weighted by atomic mass is 16.3. The molecule has 0 atom stereocenters. The lowest BCUT2D eigenvalue weighted by molar-refractivity contribution is 0.125. The summed E-state index contributed by atoms with van der Waals surface area (Å²) in [6.45, 7) is 0. The van der Waals surface area contributed by atoms with E-state index in [1.165, 1.54) is 0 Å². The number of hydrogen-bond acceptors (Lipinski definition) is 1. The fourth-order valence-electron chi connectivity index (χ4n) is 3.32. The van der Waals surface area contributed by atoms with Crippen LogP contribution in [0.5, 0.6) is 0 Å². The Bertz CT molecular complexity index is 1050. The number of hydrogen-bond donors (Lipinski definition) is 1. The van der Waals surface area contributed by atoms with Crippen LogP contribution in [0.1, 0.15) is 27.8 Å². The molecule has 4 aromatic rings. The van der Waals surface area contributed by atoms with Crippen molar-refractivity contribution >= 4 is 0 Å². The average molecular weight is 360 g/mol. The third kappa shape index (κ3) is 3.60. The summed E-state index contributed by atoms with van der Waals surface area (Å²) < 4.78 is 0. The third-order valence-electron chi connectivity index (χ3n) is 4.81. The van der Waals surface area contributed by atoms with Gasteiger partial charge in [-0.05, 0) is 41.0 Å². The lowest BCUT2D eigenvalue weighted by Crippen LogP contribution is -2.28. The van der Waals surface area contributed by atoms with E-state index in [-0.39, 0.29) is 0 Å². The molecule has 1 nitrogen and oxygen atoms in total. The molecule has 28 heavy (non-hydrogen) atoms. The highest BCUT2D eigenvalue weighted by Crippen LogP contribution is 2.36. The molecular formula is C27H20O. The van der Waals surface area contributed by atoms with Crippen LogP contribution < -0.4 is 0 Å². The molecule has 0 heterocycles. The Kier molecular flexibility index (Phi) is 5.06. The smallest absolute Gasteiger partial charge is 0.140 e. The predicted molar refractivity (Wildman–Crippen MR) is 114 cm³/mol. The zero-order valence-corrected chi connectivity index (χ0v) is 15.4. The van der Waals surface area contributed by atoms with Crippen molar-refractivity contribution in [2.45, 2.75) is 5.60 Å². The zero-order chi connectivity index (χ0) is 19.2. The van der Waals surface area contributed by atoms with Gasteiger partial charge < -0.3 is 5.11 Å². The van der Waals surface area contributed by atoms with E-state index in [4.69, 9.17) is 0 Å². The van der Waals surface area contributed by atoms with Gasteiger partial charge in [0.1, 0.15) is 5.60 Å². The van der Waals surface area contributed by atoms with Crippen molar-refractivity contribution < 1.29 is 5.11 Å². The van der Waals surface area contributed by atoms with E-state index in [0.29, 0.717) is 0 Å².